The molecule has 1 aliphatic carbocycles. The lowest BCUT2D eigenvalue weighted by molar-refractivity contribution is -0.137. The first-order chi connectivity index (χ1) is 8.67. The SMILES string of the molecule is CC1(C)CCCCC1(O)c1ccc(C(F)(F)F)cc1. The van der Waals surface area contributed by atoms with E-state index >= 15 is 0 Å². The molecule has 1 aromatic rings. The third-order valence-electron chi connectivity index (χ3n) is 4.40. The highest BCUT2D eigenvalue weighted by atomic mass is 19.4. The average Bonchev–Trinajstić information content (AvgIpc) is 2.32. The van der Waals surface area contributed by atoms with Gasteiger partial charge in [0.25, 0.3) is 0 Å². The fraction of sp³-hybridized carbons (Fsp3) is 0.600. The van der Waals surface area contributed by atoms with Gasteiger partial charge in [-0.15, -0.1) is 0 Å². The first-order valence-corrected chi connectivity index (χ1v) is 6.57. The third kappa shape index (κ3) is 2.50. The minimum atomic E-state index is -4.33. The Hall–Kier alpha value is -1.03. The molecule has 1 atom stereocenters. The van der Waals surface area contributed by atoms with E-state index in [1.165, 1.54) is 12.1 Å². The predicted octanol–water partition coefficient (Wildman–Crippen LogP) is 4.49. The minimum absolute atomic E-state index is 0.314. The van der Waals surface area contributed by atoms with Crippen LogP contribution in [0.25, 0.3) is 0 Å². The van der Waals surface area contributed by atoms with Gasteiger partial charge in [0.05, 0.1) is 11.2 Å². The molecule has 0 saturated heterocycles. The predicted molar refractivity (Wildman–Crippen MR) is 67.6 cm³/mol. The molecule has 0 heterocycles. The summed E-state index contributed by atoms with van der Waals surface area (Å²) in [5.41, 5.74) is -1.43. The maximum atomic E-state index is 12.5. The molecule has 1 aromatic carbocycles. The van der Waals surface area contributed by atoms with Gasteiger partial charge < -0.3 is 5.11 Å². The highest BCUT2D eigenvalue weighted by Crippen LogP contribution is 2.50. The van der Waals surface area contributed by atoms with E-state index < -0.39 is 17.3 Å². The molecular weight excluding hydrogens is 253 g/mol. The zero-order chi connectivity index (χ0) is 14.3. The lowest BCUT2D eigenvalue weighted by atomic mass is 9.62. The van der Waals surface area contributed by atoms with Gasteiger partial charge in [-0.25, -0.2) is 0 Å². The third-order valence-corrected chi connectivity index (χ3v) is 4.40. The van der Waals surface area contributed by atoms with Crippen LogP contribution in [0.15, 0.2) is 24.3 Å². The van der Waals surface area contributed by atoms with Crippen molar-refractivity contribution >= 4 is 0 Å². The summed E-state index contributed by atoms with van der Waals surface area (Å²) in [4.78, 5) is 0. The van der Waals surface area contributed by atoms with Crippen molar-refractivity contribution in [2.24, 2.45) is 5.41 Å². The largest absolute Gasteiger partial charge is 0.416 e. The second-order valence-corrected chi connectivity index (χ2v) is 6.03. The number of alkyl halides is 3. The molecular formula is C15H19F3O. The molecule has 1 N–H and O–H groups in total. The Labute approximate surface area is 111 Å². The van der Waals surface area contributed by atoms with Crippen molar-refractivity contribution in [3.63, 3.8) is 0 Å². The normalized spacial score (nSPS) is 27.3. The van der Waals surface area contributed by atoms with Gasteiger partial charge in [-0.3, -0.25) is 0 Å². The van der Waals surface area contributed by atoms with Crippen LogP contribution in [-0.2, 0) is 11.8 Å². The summed E-state index contributed by atoms with van der Waals surface area (Å²) in [6.45, 7) is 3.95. The lowest BCUT2D eigenvalue weighted by Crippen LogP contribution is -2.44. The van der Waals surface area contributed by atoms with Gasteiger partial charge in [0.2, 0.25) is 0 Å². The highest BCUT2D eigenvalue weighted by Gasteiger charge is 2.46. The molecule has 106 valence electrons. The Morgan fingerprint density at radius 2 is 1.53 bits per heavy atom. The van der Waals surface area contributed by atoms with Crippen LogP contribution in [0, 0.1) is 5.41 Å². The molecule has 0 amide bonds. The van der Waals surface area contributed by atoms with Gasteiger partial charge in [-0.2, -0.15) is 13.2 Å². The zero-order valence-corrected chi connectivity index (χ0v) is 11.2. The number of hydrogen-bond acceptors (Lipinski definition) is 1. The van der Waals surface area contributed by atoms with Crippen molar-refractivity contribution in [2.45, 2.75) is 51.3 Å². The zero-order valence-electron chi connectivity index (χ0n) is 11.2. The Balaban J connectivity index is 2.36. The van der Waals surface area contributed by atoms with Gasteiger partial charge in [0.1, 0.15) is 0 Å². The highest BCUT2D eigenvalue weighted by molar-refractivity contribution is 5.30. The van der Waals surface area contributed by atoms with Gasteiger partial charge in [-0.1, -0.05) is 38.8 Å². The summed E-state index contributed by atoms with van der Waals surface area (Å²) in [7, 11) is 0. The van der Waals surface area contributed by atoms with Crippen LogP contribution in [0.3, 0.4) is 0 Å². The number of rotatable bonds is 1. The van der Waals surface area contributed by atoms with E-state index in [4.69, 9.17) is 0 Å². The summed E-state index contributed by atoms with van der Waals surface area (Å²) in [5, 5.41) is 10.9. The molecule has 1 saturated carbocycles. The standard InChI is InChI=1S/C15H19F3O/c1-13(2)9-3-4-10-14(13,19)11-5-7-12(8-6-11)15(16,17)18/h5-8,19H,3-4,9-10H2,1-2H3. The molecule has 0 spiro atoms. The molecule has 19 heavy (non-hydrogen) atoms. The summed E-state index contributed by atoms with van der Waals surface area (Å²) in [5.74, 6) is 0. The number of aliphatic hydroxyl groups is 1. The fourth-order valence-electron chi connectivity index (χ4n) is 2.96. The Bertz CT molecular complexity index is 447. The molecule has 1 nitrogen and oxygen atoms in total. The van der Waals surface area contributed by atoms with Crippen LogP contribution in [0.2, 0.25) is 0 Å². The average molecular weight is 272 g/mol. The van der Waals surface area contributed by atoms with E-state index in [1.807, 2.05) is 13.8 Å². The Morgan fingerprint density at radius 3 is 2.00 bits per heavy atom. The molecule has 4 heteroatoms. The molecule has 0 radical (unpaired) electrons. The van der Waals surface area contributed by atoms with E-state index in [9.17, 15) is 18.3 Å². The van der Waals surface area contributed by atoms with Crippen LogP contribution >= 0.6 is 0 Å². The van der Waals surface area contributed by atoms with Crippen LogP contribution < -0.4 is 0 Å². The van der Waals surface area contributed by atoms with Crippen molar-refractivity contribution in [1.82, 2.24) is 0 Å². The second kappa shape index (κ2) is 4.51. The quantitative estimate of drug-likeness (QED) is 0.798. The second-order valence-electron chi connectivity index (χ2n) is 6.03. The summed E-state index contributed by atoms with van der Waals surface area (Å²) >= 11 is 0. The number of benzene rings is 1. The van der Waals surface area contributed by atoms with E-state index in [1.54, 1.807) is 0 Å². The van der Waals surface area contributed by atoms with Crippen LogP contribution in [-0.4, -0.2) is 5.11 Å². The fourth-order valence-corrected chi connectivity index (χ4v) is 2.96. The lowest BCUT2D eigenvalue weighted by Gasteiger charge is -2.47. The van der Waals surface area contributed by atoms with Gasteiger partial charge in [-0.05, 0) is 36.0 Å². The summed E-state index contributed by atoms with van der Waals surface area (Å²) in [6, 6.07) is 4.93. The van der Waals surface area contributed by atoms with Gasteiger partial charge in [0.15, 0.2) is 0 Å². The molecule has 0 aliphatic heterocycles. The molecule has 2 rings (SSSR count). The van der Waals surface area contributed by atoms with Crippen molar-refractivity contribution in [3.8, 4) is 0 Å². The smallest absolute Gasteiger partial charge is 0.385 e. The van der Waals surface area contributed by atoms with Gasteiger partial charge in [0, 0.05) is 0 Å². The number of hydrogen-bond donors (Lipinski definition) is 1. The summed E-state index contributed by atoms with van der Waals surface area (Å²) < 4.78 is 37.6. The molecule has 1 unspecified atom stereocenters. The first-order valence-electron chi connectivity index (χ1n) is 6.57. The Morgan fingerprint density at radius 1 is 1.00 bits per heavy atom. The van der Waals surface area contributed by atoms with Crippen molar-refractivity contribution in [2.75, 3.05) is 0 Å². The van der Waals surface area contributed by atoms with Crippen molar-refractivity contribution in [1.29, 1.82) is 0 Å². The topological polar surface area (TPSA) is 20.2 Å². The monoisotopic (exact) mass is 272 g/mol. The molecule has 1 fully saturated rings. The van der Waals surface area contributed by atoms with Crippen LogP contribution in [0.1, 0.15) is 50.7 Å². The molecule has 0 aromatic heterocycles. The molecule has 0 bridgehead atoms. The maximum Gasteiger partial charge on any atom is 0.416 e. The van der Waals surface area contributed by atoms with E-state index in [0.717, 1.165) is 31.4 Å². The van der Waals surface area contributed by atoms with Crippen LogP contribution in [0.4, 0.5) is 13.2 Å². The minimum Gasteiger partial charge on any atom is -0.385 e. The van der Waals surface area contributed by atoms with Crippen molar-refractivity contribution in [3.05, 3.63) is 35.4 Å². The molecule has 1 aliphatic rings. The summed E-state index contributed by atoms with van der Waals surface area (Å²) in [6.07, 6.45) is -0.893. The van der Waals surface area contributed by atoms with Crippen molar-refractivity contribution < 1.29 is 18.3 Å². The maximum absolute atomic E-state index is 12.5. The van der Waals surface area contributed by atoms with E-state index in [-0.39, 0.29) is 5.41 Å². The van der Waals surface area contributed by atoms with E-state index in [0.29, 0.717) is 12.0 Å². The van der Waals surface area contributed by atoms with Gasteiger partial charge >= 0.3 is 6.18 Å². The first kappa shape index (κ1) is 14.4. The Kier molecular flexibility index (Phi) is 3.42. The van der Waals surface area contributed by atoms with E-state index in [2.05, 4.69) is 0 Å². The number of halogens is 3. The van der Waals surface area contributed by atoms with Crippen LogP contribution in [0.5, 0.6) is 0 Å².